The van der Waals surface area contributed by atoms with E-state index in [0.717, 1.165) is 12.6 Å². The third-order valence-corrected chi connectivity index (χ3v) is 4.35. The molecule has 2 aromatic rings. The molecule has 1 aromatic heterocycles. The highest BCUT2D eigenvalue weighted by Gasteiger charge is 2.14. The second-order valence-electron chi connectivity index (χ2n) is 4.08. The molecule has 0 aliphatic rings. The third-order valence-electron chi connectivity index (χ3n) is 2.50. The monoisotopic (exact) mass is 345 g/mol. The van der Waals surface area contributed by atoms with Gasteiger partial charge in [0.1, 0.15) is 11.3 Å². The summed E-state index contributed by atoms with van der Waals surface area (Å²) in [7, 11) is -3.40. The topological polar surface area (TPSA) is 89.0 Å². The molecule has 6 nitrogen and oxygen atoms in total. The Morgan fingerprint density at radius 2 is 1.95 bits per heavy atom. The number of rotatable bonds is 3. The fourth-order valence-corrected chi connectivity index (χ4v) is 2.43. The van der Waals surface area contributed by atoms with Crippen LogP contribution in [0.25, 0.3) is 0 Å². The normalized spacial score (nSPS) is 11.2. The summed E-state index contributed by atoms with van der Waals surface area (Å²) in [5, 5.41) is 2.46. The van der Waals surface area contributed by atoms with Crippen molar-refractivity contribution in [3.8, 4) is 0 Å². The molecule has 0 aliphatic heterocycles. The van der Waals surface area contributed by atoms with E-state index in [0.29, 0.717) is 0 Å². The smallest absolute Gasteiger partial charge is 0.256 e. The molecule has 2 rings (SSSR count). The zero-order valence-electron chi connectivity index (χ0n) is 10.7. The van der Waals surface area contributed by atoms with E-state index in [1.165, 1.54) is 24.3 Å². The zero-order chi connectivity index (χ0) is 15.6. The third kappa shape index (κ3) is 3.69. The number of amides is 1. The van der Waals surface area contributed by atoms with Crippen LogP contribution < -0.4 is 5.32 Å². The van der Waals surface area contributed by atoms with E-state index in [-0.39, 0.29) is 26.5 Å². The van der Waals surface area contributed by atoms with Crippen LogP contribution in [0.2, 0.25) is 10.2 Å². The summed E-state index contributed by atoms with van der Waals surface area (Å²) in [5.74, 6) is -0.511. The van der Waals surface area contributed by atoms with Crippen LogP contribution in [0.1, 0.15) is 10.4 Å². The van der Waals surface area contributed by atoms with E-state index in [1.54, 1.807) is 0 Å². The van der Waals surface area contributed by atoms with E-state index in [4.69, 9.17) is 23.2 Å². The number of halogens is 2. The zero-order valence-corrected chi connectivity index (χ0v) is 13.0. The molecule has 1 N–H and O–H groups in total. The van der Waals surface area contributed by atoms with E-state index in [2.05, 4.69) is 15.3 Å². The van der Waals surface area contributed by atoms with Gasteiger partial charge in [-0.15, -0.1) is 0 Å². The van der Waals surface area contributed by atoms with Gasteiger partial charge in [-0.3, -0.25) is 4.79 Å². The number of benzene rings is 1. The lowest BCUT2D eigenvalue weighted by atomic mass is 10.2. The quantitative estimate of drug-likeness (QED) is 0.863. The van der Waals surface area contributed by atoms with Crippen LogP contribution in [-0.4, -0.2) is 30.5 Å². The van der Waals surface area contributed by atoms with E-state index in [1.807, 2.05) is 0 Å². The van der Waals surface area contributed by atoms with Crippen molar-refractivity contribution in [1.29, 1.82) is 0 Å². The van der Waals surface area contributed by atoms with Gasteiger partial charge in [0.05, 0.1) is 4.90 Å². The Morgan fingerprint density at radius 3 is 2.62 bits per heavy atom. The summed E-state index contributed by atoms with van der Waals surface area (Å²) in [6, 6.07) is 5.61. The van der Waals surface area contributed by atoms with Crippen LogP contribution in [0.4, 0.5) is 5.82 Å². The Bertz CT molecular complexity index is 809. The lowest BCUT2D eigenvalue weighted by molar-refractivity contribution is 0.102. The van der Waals surface area contributed by atoms with E-state index < -0.39 is 15.7 Å². The van der Waals surface area contributed by atoms with Gasteiger partial charge in [-0.1, -0.05) is 29.3 Å². The van der Waals surface area contributed by atoms with Crippen molar-refractivity contribution in [2.75, 3.05) is 11.6 Å². The van der Waals surface area contributed by atoms with E-state index in [9.17, 15) is 13.2 Å². The number of anilines is 1. The van der Waals surface area contributed by atoms with Crippen molar-refractivity contribution >= 4 is 44.8 Å². The molecule has 0 saturated carbocycles. The predicted octanol–water partition coefficient (Wildman–Crippen LogP) is 2.44. The van der Waals surface area contributed by atoms with Crippen LogP contribution in [0, 0.1) is 0 Å². The molecule has 0 bridgehead atoms. The summed E-state index contributed by atoms with van der Waals surface area (Å²) < 4.78 is 22.9. The number of hydrogen-bond donors (Lipinski definition) is 1. The summed E-state index contributed by atoms with van der Waals surface area (Å²) in [6.45, 7) is 0. The summed E-state index contributed by atoms with van der Waals surface area (Å²) >= 11 is 11.6. The standard InChI is InChI=1S/C12H9Cl2N3O3S/c1-21(19,20)8-4-2-3-7(5-8)12(18)17-11-9(13)10(14)15-6-16-11/h2-6H,1H3,(H,15,16,17,18). The first-order valence-electron chi connectivity index (χ1n) is 5.56. The molecule has 21 heavy (non-hydrogen) atoms. The maximum atomic E-state index is 12.1. The summed E-state index contributed by atoms with van der Waals surface area (Å²) in [4.78, 5) is 19.6. The maximum Gasteiger partial charge on any atom is 0.256 e. The molecule has 9 heteroatoms. The number of nitrogens with zero attached hydrogens (tertiary/aromatic N) is 2. The van der Waals surface area contributed by atoms with Gasteiger partial charge in [0, 0.05) is 11.8 Å². The minimum absolute atomic E-state index is 0.00628. The average molecular weight is 346 g/mol. The van der Waals surface area contributed by atoms with Gasteiger partial charge in [0.25, 0.3) is 5.91 Å². The Kier molecular flexibility index (Phi) is 4.46. The lowest BCUT2D eigenvalue weighted by Crippen LogP contribution is -2.14. The van der Waals surface area contributed by atoms with Gasteiger partial charge in [-0.05, 0) is 18.2 Å². The molecule has 0 radical (unpaired) electrons. The van der Waals surface area contributed by atoms with Crippen molar-refractivity contribution in [3.05, 3.63) is 46.3 Å². The maximum absolute atomic E-state index is 12.1. The van der Waals surface area contributed by atoms with Gasteiger partial charge >= 0.3 is 0 Å². The fraction of sp³-hybridized carbons (Fsp3) is 0.0833. The van der Waals surface area contributed by atoms with Gasteiger partial charge in [-0.25, -0.2) is 18.4 Å². The number of carbonyl (C=O) groups excluding carboxylic acids is 1. The highest BCUT2D eigenvalue weighted by molar-refractivity contribution is 7.90. The number of aromatic nitrogens is 2. The molecule has 1 amide bonds. The van der Waals surface area contributed by atoms with Crippen molar-refractivity contribution in [2.45, 2.75) is 4.90 Å². The highest BCUT2D eigenvalue weighted by atomic mass is 35.5. The van der Waals surface area contributed by atoms with E-state index >= 15 is 0 Å². The molecule has 110 valence electrons. The second kappa shape index (κ2) is 5.97. The highest BCUT2D eigenvalue weighted by Crippen LogP contribution is 2.25. The Balaban J connectivity index is 2.31. The Hall–Kier alpha value is -1.70. The van der Waals surface area contributed by atoms with Gasteiger partial charge in [0.15, 0.2) is 20.8 Å². The molecular formula is C12H9Cl2N3O3S. The predicted molar refractivity (Wildman–Crippen MR) is 79.6 cm³/mol. The first-order chi connectivity index (χ1) is 9.79. The summed E-state index contributed by atoms with van der Waals surface area (Å²) in [5.41, 5.74) is 0.156. The Labute approximate surface area is 131 Å². The van der Waals surface area contributed by atoms with Gasteiger partial charge < -0.3 is 5.32 Å². The minimum Gasteiger partial charge on any atom is -0.305 e. The van der Waals surface area contributed by atoms with Crippen LogP contribution in [0.15, 0.2) is 35.5 Å². The SMILES string of the molecule is CS(=O)(=O)c1cccc(C(=O)Nc2ncnc(Cl)c2Cl)c1. The fourth-order valence-electron chi connectivity index (χ4n) is 1.48. The number of nitrogens with one attached hydrogen (secondary N) is 1. The first-order valence-corrected chi connectivity index (χ1v) is 8.21. The van der Waals surface area contributed by atoms with Crippen molar-refractivity contribution < 1.29 is 13.2 Å². The number of carbonyl (C=O) groups is 1. The Morgan fingerprint density at radius 1 is 1.24 bits per heavy atom. The molecule has 0 fully saturated rings. The van der Waals surface area contributed by atoms with Crippen molar-refractivity contribution in [2.24, 2.45) is 0 Å². The number of sulfone groups is 1. The molecule has 0 saturated heterocycles. The first kappa shape index (κ1) is 15.7. The van der Waals surface area contributed by atoms with Gasteiger partial charge in [-0.2, -0.15) is 0 Å². The van der Waals surface area contributed by atoms with Crippen LogP contribution >= 0.6 is 23.2 Å². The summed E-state index contributed by atoms with van der Waals surface area (Å²) in [6.07, 6.45) is 2.21. The molecule has 0 atom stereocenters. The molecule has 1 aromatic carbocycles. The molecule has 0 unspecified atom stereocenters. The number of hydrogen-bond acceptors (Lipinski definition) is 5. The minimum atomic E-state index is -3.40. The van der Waals surface area contributed by atoms with Gasteiger partial charge in [0.2, 0.25) is 0 Å². The average Bonchev–Trinajstić information content (AvgIpc) is 2.43. The van der Waals surface area contributed by atoms with Crippen LogP contribution in [-0.2, 0) is 9.84 Å². The molecule has 0 spiro atoms. The molecular weight excluding hydrogens is 337 g/mol. The van der Waals surface area contributed by atoms with Crippen molar-refractivity contribution in [1.82, 2.24) is 9.97 Å². The van der Waals surface area contributed by atoms with Crippen LogP contribution in [0.3, 0.4) is 0 Å². The largest absolute Gasteiger partial charge is 0.305 e. The van der Waals surface area contributed by atoms with Crippen molar-refractivity contribution in [3.63, 3.8) is 0 Å². The van der Waals surface area contributed by atoms with Crippen LogP contribution in [0.5, 0.6) is 0 Å². The second-order valence-corrected chi connectivity index (χ2v) is 6.83. The lowest BCUT2D eigenvalue weighted by Gasteiger charge is -2.07. The molecule has 0 aliphatic carbocycles. The molecule has 1 heterocycles.